The smallest absolute Gasteiger partial charge is 0.259 e. The summed E-state index contributed by atoms with van der Waals surface area (Å²) in [5.74, 6) is 1.04. The highest BCUT2D eigenvalue weighted by atomic mass is 35.5. The zero-order valence-corrected chi connectivity index (χ0v) is 15.1. The Bertz CT molecular complexity index is 1040. The lowest BCUT2D eigenvalue weighted by Crippen LogP contribution is -1.91. The molecular formula is C21H16ClN3O2. The largest absolute Gasteiger partial charge is 0.392 e. The molecule has 0 bridgehead atoms. The second-order valence-electron chi connectivity index (χ2n) is 6.11. The van der Waals surface area contributed by atoms with Gasteiger partial charge in [-0.2, -0.15) is 4.98 Å². The van der Waals surface area contributed by atoms with Gasteiger partial charge in [0.25, 0.3) is 5.89 Å². The van der Waals surface area contributed by atoms with Crippen molar-refractivity contribution < 1.29 is 9.63 Å². The maximum atomic E-state index is 9.27. The Morgan fingerprint density at radius 3 is 2.52 bits per heavy atom. The molecule has 2 heterocycles. The fourth-order valence-electron chi connectivity index (χ4n) is 2.75. The van der Waals surface area contributed by atoms with Crippen LogP contribution in [0.25, 0.3) is 22.7 Å². The van der Waals surface area contributed by atoms with Gasteiger partial charge in [0, 0.05) is 23.2 Å². The van der Waals surface area contributed by atoms with Crippen LogP contribution in [0, 0.1) is 0 Å². The summed E-state index contributed by atoms with van der Waals surface area (Å²) >= 11 is 5.90. The Kier molecular flexibility index (Phi) is 4.96. The quantitative estimate of drug-likeness (QED) is 0.553. The van der Waals surface area contributed by atoms with Crippen LogP contribution in [0.2, 0.25) is 5.02 Å². The third-order valence-electron chi connectivity index (χ3n) is 4.16. The first kappa shape index (κ1) is 17.4. The Labute approximate surface area is 161 Å². The molecule has 0 spiro atoms. The maximum Gasteiger partial charge on any atom is 0.259 e. The van der Waals surface area contributed by atoms with E-state index in [-0.39, 0.29) is 6.61 Å². The summed E-state index contributed by atoms with van der Waals surface area (Å²) in [6, 6.07) is 19.0. The van der Waals surface area contributed by atoms with Crippen molar-refractivity contribution in [2.24, 2.45) is 0 Å². The maximum absolute atomic E-state index is 9.27. The molecule has 0 saturated heterocycles. The van der Waals surface area contributed by atoms with Gasteiger partial charge in [-0.05, 0) is 41.5 Å². The van der Waals surface area contributed by atoms with Crippen molar-refractivity contribution in [2.75, 3.05) is 0 Å². The minimum atomic E-state index is 0.00427. The Morgan fingerprint density at radius 1 is 0.926 bits per heavy atom. The second-order valence-corrected chi connectivity index (χ2v) is 6.55. The van der Waals surface area contributed by atoms with Crippen LogP contribution in [0.5, 0.6) is 0 Å². The first-order valence-electron chi connectivity index (χ1n) is 8.45. The third kappa shape index (κ3) is 4.05. The molecule has 4 aromatic rings. The fourth-order valence-corrected chi connectivity index (χ4v) is 2.87. The van der Waals surface area contributed by atoms with Gasteiger partial charge in [0.15, 0.2) is 5.82 Å². The molecule has 0 aliphatic rings. The molecule has 5 nitrogen and oxygen atoms in total. The average molecular weight is 378 g/mol. The molecule has 0 saturated carbocycles. The number of hydrogen-bond acceptors (Lipinski definition) is 5. The SMILES string of the molecule is OCc1cccc(-c2ccc(-c3nc(Cc4ccc(Cl)cc4)no3)cn2)c1. The molecule has 134 valence electrons. The minimum absolute atomic E-state index is 0.00427. The van der Waals surface area contributed by atoms with Crippen LogP contribution in [0.15, 0.2) is 71.4 Å². The highest BCUT2D eigenvalue weighted by Crippen LogP contribution is 2.23. The van der Waals surface area contributed by atoms with Gasteiger partial charge in [-0.1, -0.05) is 47.1 Å². The summed E-state index contributed by atoms with van der Waals surface area (Å²) in [5.41, 5.74) is 4.43. The van der Waals surface area contributed by atoms with Gasteiger partial charge in [-0.25, -0.2) is 0 Å². The van der Waals surface area contributed by atoms with Gasteiger partial charge in [-0.3, -0.25) is 4.98 Å². The number of aliphatic hydroxyl groups is 1. The van der Waals surface area contributed by atoms with Gasteiger partial charge in [0.2, 0.25) is 0 Å². The number of halogens is 1. The number of rotatable bonds is 5. The molecule has 0 unspecified atom stereocenters. The zero-order chi connectivity index (χ0) is 18.6. The van der Waals surface area contributed by atoms with Crippen molar-refractivity contribution in [2.45, 2.75) is 13.0 Å². The van der Waals surface area contributed by atoms with Gasteiger partial charge in [0.1, 0.15) is 0 Å². The molecular weight excluding hydrogens is 362 g/mol. The van der Waals surface area contributed by atoms with Crippen molar-refractivity contribution in [3.63, 3.8) is 0 Å². The van der Waals surface area contributed by atoms with E-state index in [2.05, 4.69) is 15.1 Å². The molecule has 0 radical (unpaired) electrons. The number of nitrogens with zero attached hydrogens (tertiary/aromatic N) is 3. The number of benzene rings is 2. The van der Waals surface area contributed by atoms with Crippen molar-refractivity contribution in [3.8, 4) is 22.7 Å². The first-order chi connectivity index (χ1) is 13.2. The molecule has 0 atom stereocenters. The van der Waals surface area contributed by atoms with Crippen LogP contribution in [-0.2, 0) is 13.0 Å². The zero-order valence-electron chi connectivity index (χ0n) is 14.3. The highest BCUT2D eigenvalue weighted by Gasteiger charge is 2.10. The monoisotopic (exact) mass is 377 g/mol. The van der Waals surface area contributed by atoms with Crippen molar-refractivity contribution >= 4 is 11.6 Å². The summed E-state index contributed by atoms with van der Waals surface area (Å²) in [4.78, 5) is 8.92. The van der Waals surface area contributed by atoms with E-state index in [0.717, 1.165) is 27.9 Å². The topological polar surface area (TPSA) is 72.0 Å². The van der Waals surface area contributed by atoms with Crippen molar-refractivity contribution in [1.29, 1.82) is 0 Å². The molecule has 0 fully saturated rings. The summed E-state index contributed by atoms with van der Waals surface area (Å²) < 4.78 is 5.37. The lowest BCUT2D eigenvalue weighted by atomic mass is 10.1. The van der Waals surface area contributed by atoms with Gasteiger partial charge < -0.3 is 9.63 Å². The number of hydrogen-bond donors (Lipinski definition) is 1. The third-order valence-corrected chi connectivity index (χ3v) is 4.41. The normalized spacial score (nSPS) is 10.9. The second kappa shape index (κ2) is 7.70. The highest BCUT2D eigenvalue weighted by molar-refractivity contribution is 6.30. The molecule has 2 aromatic heterocycles. The van der Waals surface area contributed by atoms with Gasteiger partial charge >= 0.3 is 0 Å². The fraction of sp³-hybridized carbons (Fsp3) is 0.0952. The first-order valence-corrected chi connectivity index (χ1v) is 8.83. The van der Waals surface area contributed by atoms with Crippen LogP contribution in [0.4, 0.5) is 0 Å². The van der Waals surface area contributed by atoms with E-state index in [1.807, 2.05) is 60.7 Å². The van der Waals surface area contributed by atoms with E-state index in [1.165, 1.54) is 0 Å². The number of aliphatic hydroxyl groups excluding tert-OH is 1. The van der Waals surface area contributed by atoms with E-state index < -0.39 is 0 Å². The summed E-state index contributed by atoms with van der Waals surface area (Å²) in [6.07, 6.45) is 2.28. The van der Waals surface area contributed by atoms with E-state index in [0.29, 0.717) is 23.2 Å². The average Bonchev–Trinajstić information content (AvgIpc) is 3.18. The van der Waals surface area contributed by atoms with Crippen LogP contribution < -0.4 is 0 Å². The number of pyridine rings is 1. The Balaban J connectivity index is 1.52. The molecule has 0 aliphatic carbocycles. The van der Waals surface area contributed by atoms with Crippen LogP contribution in [-0.4, -0.2) is 20.2 Å². The van der Waals surface area contributed by atoms with Crippen LogP contribution >= 0.6 is 11.6 Å². The molecule has 1 N–H and O–H groups in total. The molecule has 0 amide bonds. The lowest BCUT2D eigenvalue weighted by molar-refractivity contribution is 0.282. The van der Waals surface area contributed by atoms with E-state index in [1.54, 1.807) is 6.20 Å². The summed E-state index contributed by atoms with van der Waals surface area (Å²) in [7, 11) is 0. The minimum Gasteiger partial charge on any atom is -0.392 e. The van der Waals surface area contributed by atoms with Crippen molar-refractivity contribution in [3.05, 3.63) is 88.8 Å². The summed E-state index contributed by atoms with van der Waals surface area (Å²) in [6.45, 7) is 0.00427. The molecule has 27 heavy (non-hydrogen) atoms. The van der Waals surface area contributed by atoms with E-state index in [4.69, 9.17) is 16.1 Å². The standard InChI is InChI=1S/C21H16ClN3O2/c22-18-7-4-14(5-8-18)11-20-24-21(27-25-20)17-6-9-19(23-12-17)16-3-1-2-15(10-16)13-26/h1-10,12,26H,11,13H2. The lowest BCUT2D eigenvalue weighted by Gasteiger charge is -2.03. The molecule has 6 heteroatoms. The predicted octanol–water partition coefficient (Wildman–Crippen LogP) is 4.54. The van der Waals surface area contributed by atoms with Crippen molar-refractivity contribution in [1.82, 2.24) is 15.1 Å². The van der Waals surface area contributed by atoms with Crippen LogP contribution in [0.1, 0.15) is 17.0 Å². The predicted molar refractivity (Wildman–Crippen MR) is 103 cm³/mol. The van der Waals surface area contributed by atoms with E-state index in [9.17, 15) is 5.11 Å². The molecule has 4 rings (SSSR count). The number of aromatic nitrogens is 3. The molecule has 2 aromatic carbocycles. The van der Waals surface area contributed by atoms with Crippen LogP contribution in [0.3, 0.4) is 0 Å². The van der Waals surface area contributed by atoms with Gasteiger partial charge in [-0.15, -0.1) is 0 Å². The summed E-state index contributed by atoms with van der Waals surface area (Å²) in [5, 5.41) is 14.0. The van der Waals surface area contributed by atoms with E-state index >= 15 is 0 Å². The Morgan fingerprint density at radius 2 is 1.78 bits per heavy atom. The molecule has 0 aliphatic heterocycles. The van der Waals surface area contributed by atoms with Gasteiger partial charge in [0.05, 0.1) is 17.9 Å². The Hall–Kier alpha value is -3.02.